The van der Waals surface area contributed by atoms with Crippen LogP contribution >= 0.6 is 39.1 Å². The summed E-state index contributed by atoms with van der Waals surface area (Å²) in [5.74, 6) is 0.382. The number of aliphatic hydroxyl groups excluding tert-OH is 1. The summed E-state index contributed by atoms with van der Waals surface area (Å²) in [5.41, 5.74) is 1.56. The topological polar surface area (TPSA) is 49.8 Å². The van der Waals surface area contributed by atoms with Crippen LogP contribution < -0.4 is 4.74 Å². The first kappa shape index (κ1) is 22.7. The van der Waals surface area contributed by atoms with E-state index in [0.29, 0.717) is 33.5 Å². The van der Waals surface area contributed by atoms with E-state index < -0.39 is 11.0 Å². The molecule has 1 N–H and O–H groups in total. The maximum absolute atomic E-state index is 14.0. The number of nitrogens with zero attached hydrogens (tertiary/aromatic N) is 1. The molecule has 0 radical (unpaired) electrons. The van der Waals surface area contributed by atoms with Gasteiger partial charge in [-0.25, -0.2) is 0 Å². The van der Waals surface area contributed by atoms with Crippen LogP contribution in [0.4, 0.5) is 0 Å². The van der Waals surface area contributed by atoms with E-state index in [9.17, 15) is 9.90 Å². The van der Waals surface area contributed by atoms with Gasteiger partial charge in [-0.1, -0.05) is 63.4 Å². The smallest absolute Gasteiger partial charge is 0.255 e. The highest BCUT2D eigenvalue weighted by molar-refractivity contribution is 9.10. The minimum absolute atomic E-state index is 0.0767. The second kappa shape index (κ2) is 8.31. The standard InChI is InChI=1S/C26H22BrCl2NO3/c1-33-21-11-10-20-22(23(21)29)26(25(15-31)12-13-25,17-4-8-19(28)9-5-17)30(24(20)32)14-16-2-6-18(27)7-3-16/h2-11,31H,12-15H2,1H3. The lowest BCUT2D eigenvalue weighted by molar-refractivity contribution is 0.0219. The molecule has 2 aliphatic rings. The lowest BCUT2D eigenvalue weighted by Gasteiger charge is -2.46. The second-order valence-corrected chi connectivity index (χ2v) is 10.4. The molecule has 7 heteroatoms. The molecule has 0 bridgehead atoms. The van der Waals surface area contributed by atoms with Gasteiger partial charge in [-0.2, -0.15) is 0 Å². The molecule has 1 aliphatic heterocycles. The summed E-state index contributed by atoms with van der Waals surface area (Å²) in [7, 11) is 1.56. The highest BCUT2D eigenvalue weighted by Gasteiger charge is 2.68. The second-order valence-electron chi connectivity index (χ2n) is 8.68. The van der Waals surface area contributed by atoms with Gasteiger partial charge in [0.1, 0.15) is 11.3 Å². The van der Waals surface area contributed by atoms with Gasteiger partial charge in [-0.15, -0.1) is 0 Å². The molecule has 33 heavy (non-hydrogen) atoms. The minimum Gasteiger partial charge on any atom is -0.495 e. The van der Waals surface area contributed by atoms with Crippen molar-refractivity contribution in [3.05, 3.63) is 97.4 Å². The van der Waals surface area contributed by atoms with E-state index in [0.717, 1.165) is 28.4 Å². The molecule has 1 heterocycles. The van der Waals surface area contributed by atoms with E-state index in [4.69, 9.17) is 27.9 Å². The SMILES string of the molecule is COc1ccc2c(c1Cl)C(c1ccc(Cl)cc1)(C1(CO)CC1)N(Cc1ccc(Br)cc1)C2=O. The zero-order valence-corrected chi connectivity index (χ0v) is 21.0. The Morgan fingerprint density at radius 3 is 2.27 bits per heavy atom. The van der Waals surface area contributed by atoms with Crippen LogP contribution in [-0.2, 0) is 12.1 Å². The summed E-state index contributed by atoms with van der Waals surface area (Å²) in [5, 5.41) is 11.7. The molecule has 5 rings (SSSR count). The summed E-state index contributed by atoms with van der Waals surface area (Å²) < 4.78 is 6.50. The van der Waals surface area contributed by atoms with Crippen molar-refractivity contribution in [1.29, 1.82) is 0 Å². The third-order valence-electron chi connectivity index (χ3n) is 7.01. The fourth-order valence-electron chi connectivity index (χ4n) is 5.28. The third kappa shape index (κ3) is 3.32. The van der Waals surface area contributed by atoms with Crippen molar-refractivity contribution in [3.8, 4) is 5.75 Å². The highest BCUT2D eigenvalue weighted by atomic mass is 79.9. The largest absolute Gasteiger partial charge is 0.495 e. The normalized spacial score (nSPS) is 20.6. The Balaban J connectivity index is 1.82. The Kier molecular flexibility index (Phi) is 5.73. The van der Waals surface area contributed by atoms with Crippen molar-refractivity contribution in [1.82, 2.24) is 4.90 Å². The maximum atomic E-state index is 14.0. The van der Waals surface area contributed by atoms with Crippen molar-refractivity contribution in [3.63, 3.8) is 0 Å². The number of benzene rings is 3. The van der Waals surface area contributed by atoms with Crippen LogP contribution in [0.2, 0.25) is 10.0 Å². The predicted octanol–water partition coefficient (Wildman–Crippen LogP) is 6.44. The van der Waals surface area contributed by atoms with E-state index in [1.165, 1.54) is 0 Å². The summed E-state index contributed by atoms with van der Waals surface area (Å²) in [4.78, 5) is 15.8. The van der Waals surface area contributed by atoms with E-state index in [2.05, 4.69) is 15.9 Å². The molecular weight excluding hydrogens is 525 g/mol. The minimum atomic E-state index is -0.961. The van der Waals surface area contributed by atoms with Gasteiger partial charge in [0.05, 0.1) is 18.7 Å². The average molecular weight is 547 g/mol. The van der Waals surface area contributed by atoms with Gasteiger partial charge in [-0.05, 0) is 60.4 Å². The fraction of sp³-hybridized carbons (Fsp3) is 0.269. The van der Waals surface area contributed by atoms with Crippen LogP contribution in [0, 0.1) is 5.41 Å². The van der Waals surface area contributed by atoms with Crippen molar-refractivity contribution < 1.29 is 14.6 Å². The molecule has 4 nitrogen and oxygen atoms in total. The van der Waals surface area contributed by atoms with Gasteiger partial charge in [0.15, 0.2) is 0 Å². The summed E-state index contributed by atoms with van der Waals surface area (Å²) in [6, 6.07) is 18.9. The molecule has 1 unspecified atom stereocenters. The Labute approximate surface area is 211 Å². The first-order valence-electron chi connectivity index (χ1n) is 10.7. The number of rotatable bonds is 6. The average Bonchev–Trinajstić information content (AvgIpc) is 3.58. The van der Waals surface area contributed by atoms with E-state index in [1.54, 1.807) is 19.2 Å². The lowest BCUT2D eigenvalue weighted by atomic mass is 9.70. The van der Waals surface area contributed by atoms with Crippen LogP contribution in [-0.4, -0.2) is 29.6 Å². The first-order valence-corrected chi connectivity index (χ1v) is 12.2. The molecular formula is C26H22BrCl2NO3. The Morgan fingerprint density at radius 2 is 1.70 bits per heavy atom. The third-order valence-corrected chi connectivity index (χ3v) is 8.16. The van der Waals surface area contributed by atoms with Crippen LogP contribution in [0.1, 0.15) is 39.9 Å². The Morgan fingerprint density at radius 1 is 1.03 bits per heavy atom. The van der Waals surface area contributed by atoms with Crippen LogP contribution in [0.15, 0.2) is 65.1 Å². The van der Waals surface area contributed by atoms with Crippen molar-refractivity contribution >= 4 is 45.0 Å². The molecule has 0 aromatic heterocycles. The van der Waals surface area contributed by atoms with Crippen LogP contribution in [0.25, 0.3) is 0 Å². The van der Waals surface area contributed by atoms with Gasteiger partial charge < -0.3 is 14.7 Å². The molecule has 1 atom stereocenters. The van der Waals surface area contributed by atoms with E-state index in [1.807, 2.05) is 53.4 Å². The quantitative estimate of drug-likeness (QED) is 0.387. The molecule has 1 amide bonds. The van der Waals surface area contributed by atoms with Crippen LogP contribution in [0.3, 0.4) is 0 Å². The number of amides is 1. The lowest BCUT2D eigenvalue weighted by Crippen LogP contribution is -2.52. The van der Waals surface area contributed by atoms with E-state index in [-0.39, 0.29) is 12.5 Å². The number of carbonyl (C=O) groups is 1. The van der Waals surface area contributed by atoms with Gasteiger partial charge in [0.25, 0.3) is 5.91 Å². The number of aliphatic hydroxyl groups is 1. The number of hydrogen-bond acceptors (Lipinski definition) is 3. The fourth-order valence-corrected chi connectivity index (χ4v) is 6.05. The van der Waals surface area contributed by atoms with Gasteiger partial charge >= 0.3 is 0 Å². The Bertz CT molecular complexity index is 1230. The molecule has 0 saturated heterocycles. The number of carbonyl (C=O) groups excluding carboxylic acids is 1. The number of hydrogen-bond donors (Lipinski definition) is 1. The molecule has 1 aliphatic carbocycles. The number of ether oxygens (including phenoxy) is 1. The first-order chi connectivity index (χ1) is 15.9. The highest BCUT2D eigenvalue weighted by Crippen LogP contribution is 2.67. The summed E-state index contributed by atoms with van der Waals surface area (Å²) in [6.45, 7) is 0.288. The van der Waals surface area contributed by atoms with Gasteiger partial charge in [0, 0.05) is 32.6 Å². The van der Waals surface area contributed by atoms with Gasteiger partial charge in [-0.3, -0.25) is 4.79 Å². The number of fused-ring (bicyclic) bond motifs is 1. The van der Waals surface area contributed by atoms with Crippen LogP contribution in [0.5, 0.6) is 5.75 Å². The maximum Gasteiger partial charge on any atom is 0.255 e. The predicted molar refractivity (Wildman–Crippen MR) is 133 cm³/mol. The Hall–Kier alpha value is -2.05. The molecule has 3 aromatic carbocycles. The van der Waals surface area contributed by atoms with Crippen molar-refractivity contribution in [2.75, 3.05) is 13.7 Å². The monoisotopic (exact) mass is 545 g/mol. The molecule has 3 aromatic rings. The number of methoxy groups -OCH3 is 1. The zero-order chi connectivity index (χ0) is 23.4. The zero-order valence-electron chi connectivity index (χ0n) is 17.9. The summed E-state index contributed by atoms with van der Waals surface area (Å²) >= 11 is 16.7. The van der Waals surface area contributed by atoms with Crippen molar-refractivity contribution in [2.24, 2.45) is 5.41 Å². The molecule has 170 valence electrons. The summed E-state index contributed by atoms with van der Waals surface area (Å²) in [6.07, 6.45) is 1.53. The molecule has 0 spiro atoms. The van der Waals surface area contributed by atoms with Crippen molar-refractivity contribution in [2.45, 2.75) is 24.9 Å². The van der Waals surface area contributed by atoms with E-state index >= 15 is 0 Å². The molecule has 1 fully saturated rings. The van der Waals surface area contributed by atoms with Gasteiger partial charge in [0.2, 0.25) is 0 Å². The molecule has 1 saturated carbocycles. The number of halogens is 3.